The van der Waals surface area contributed by atoms with Crippen molar-refractivity contribution in [3.05, 3.63) is 69.6 Å². The summed E-state index contributed by atoms with van der Waals surface area (Å²) in [7, 11) is 0. The molecule has 0 radical (unpaired) electrons. The second-order valence-corrected chi connectivity index (χ2v) is 6.77. The van der Waals surface area contributed by atoms with E-state index < -0.39 is 0 Å². The van der Waals surface area contributed by atoms with Crippen molar-refractivity contribution in [2.45, 2.75) is 32.7 Å². The molecule has 7 nitrogen and oxygen atoms in total. The fraction of sp³-hybridized carbons (Fsp3) is 0.333. The Morgan fingerprint density at radius 3 is 2.21 bits per heavy atom. The van der Waals surface area contributed by atoms with Crippen LogP contribution in [0.15, 0.2) is 47.3 Å². The van der Waals surface area contributed by atoms with Crippen LogP contribution in [-0.2, 0) is 11.3 Å². The zero-order valence-electron chi connectivity index (χ0n) is 15.8. The summed E-state index contributed by atoms with van der Waals surface area (Å²) >= 11 is 0. The number of amides is 3. The highest BCUT2D eigenvalue weighted by Gasteiger charge is 2.34. The number of imide groups is 1. The Morgan fingerprint density at radius 2 is 1.57 bits per heavy atom. The van der Waals surface area contributed by atoms with Gasteiger partial charge in [0.25, 0.3) is 17.4 Å². The van der Waals surface area contributed by atoms with Gasteiger partial charge in [0.05, 0.1) is 11.1 Å². The zero-order valence-corrected chi connectivity index (χ0v) is 15.8. The first-order chi connectivity index (χ1) is 13.5. The Balaban J connectivity index is 1.38. The molecule has 3 amide bonds. The first-order valence-corrected chi connectivity index (χ1v) is 9.37. The first-order valence-electron chi connectivity index (χ1n) is 9.37. The van der Waals surface area contributed by atoms with E-state index in [0.717, 1.165) is 23.4 Å². The van der Waals surface area contributed by atoms with Crippen LogP contribution in [0.2, 0.25) is 0 Å². The average molecular weight is 381 g/mol. The monoisotopic (exact) mass is 381 g/mol. The van der Waals surface area contributed by atoms with Gasteiger partial charge in [0, 0.05) is 37.8 Å². The lowest BCUT2D eigenvalue weighted by molar-refractivity contribution is -0.121. The number of fused-ring (bicyclic) bond motifs is 1. The Bertz CT molecular complexity index is 929. The van der Waals surface area contributed by atoms with Crippen molar-refractivity contribution in [3.63, 3.8) is 0 Å². The lowest BCUT2D eigenvalue weighted by Crippen LogP contribution is -2.34. The van der Waals surface area contributed by atoms with Crippen LogP contribution in [0.5, 0.6) is 0 Å². The van der Waals surface area contributed by atoms with Crippen molar-refractivity contribution in [2.24, 2.45) is 0 Å². The predicted molar refractivity (Wildman–Crippen MR) is 104 cm³/mol. The fourth-order valence-corrected chi connectivity index (χ4v) is 3.28. The molecule has 0 atom stereocenters. The van der Waals surface area contributed by atoms with Crippen molar-refractivity contribution < 1.29 is 14.4 Å². The number of hydrogen-bond acceptors (Lipinski definition) is 4. The molecule has 0 fully saturated rings. The number of nitrogens with zero attached hydrogens (tertiary/aromatic N) is 2. The van der Waals surface area contributed by atoms with Gasteiger partial charge in [-0.3, -0.25) is 24.1 Å². The molecule has 1 N–H and O–H groups in total. The number of benzene rings is 1. The molecule has 0 saturated heterocycles. The number of hydrogen-bond donors (Lipinski definition) is 1. The van der Waals surface area contributed by atoms with E-state index in [1.807, 2.05) is 13.0 Å². The van der Waals surface area contributed by atoms with Gasteiger partial charge in [-0.1, -0.05) is 18.2 Å². The maximum atomic E-state index is 12.3. The van der Waals surface area contributed by atoms with E-state index in [1.54, 1.807) is 34.9 Å². The summed E-state index contributed by atoms with van der Waals surface area (Å²) in [4.78, 5) is 49.4. The van der Waals surface area contributed by atoms with Crippen molar-refractivity contribution >= 4 is 17.7 Å². The topological polar surface area (TPSA) is 88.5 Å². The lowest BCUT2D eigenvalue weighted by atomic mass is 10.1. The first kappa shape index (κ1) is 19.5. The molecular formula is C21H23N3O4. The van der Waals surface area contributed by atoms with Crippen LogP contribution in [0.25, 0.3) is 0 Å². The molecule has 7 heteroatoms. The van der Waals surface area contributed by atoms with Crippen LogP contribution in [0, 0.1) is 6.92 Å². The number of carbonyl (C=O) groups excluding carboxylic acids is 3. The molecule has 146 valence electrons. The third kappa shape index (κ3) is 4.19. The summed E-state index contributed by atoms with van der Waals surface area (Å²) < 4.78 is 1.71. The summed E-state index contributed by atoms with van der Waals surface area (Å²) in [5.41, 5.74) is 1.67. The predicted octanol–water partition coefficient (Wildman–Crippen LogP) is 1.74. The summed E-state index contributed by atoms with van der Waals surface area (Å²) in [5.74, 6) is -0.904. The SMILES string of the molecule is Cc1cccc(=O)n1CCCCNC(=O)CCN1C(=O)c2ccccc2C1=O. The second-order valence-electron chi connectivity index (χ2n) is 6.77. The normalized spacial score (nSPS) is 13.0. The summed E-state index contributed by atoms with van der Waals surface area (Å²) in [6.45, 7) is 3.05. The van der Waals surface area contributed by atoms with Crippen molar-refractivity contribution in [2.75, 3.05) is 13.1 Å². The Morgan fingerprint density at radius 1 is 0.893 bits per heavy atom. The Labute approximate surface area is 163 Å². The minimum atomic E-state index is -0.350. The zero-order chi connectivity index (χ0) is 20.1. The summed E-state index contributed by atoms with van der Waals surface area (Å²) in [6, 6.07) is 11.8. The third-order valence-electron chi connectivity index (χ3n) is 4.84. The van der Waals surface area contributed by atoms with Crippen molar-refractivity contribution in [1.29, 1.82) is 0 Å². The number of pyridine rings is 1. The number of nitrogens with one attached hydrogen (secondary N) is 1. The van der Waals surface area contributed by atoms with Crippen LogP contribution in [0.4, 0.5) is 0 Å². The van der Waals surface area contributed by atoms with Gasteiger partial charge in [-0.15, -0.1) is 0 Å². The van der Waals surface area contributed by atoms with Gasteiger partial charge in [-0.05, 0) is 38.0 Å². The number of aryl methyl sites for hydroxylation is 1. The standard InChI is InChI=1S/C21H23N3O4/c1-15-7-6-10-19(26)23(15)13-5-4-12-22-18(25)11-14-24-20(27)16-8-2-3-9-17(16)21(24)28/h2-3,6-10H,4-5,11-14H2,1H3,(H,22,25). The summed E-state index contributed by atoms with van der Waals surface area (Å²) in [5, 5.41) is 2.80. The maximum Gasteiger partial charge on any atom is 0.261 e. The van der Waals surface area contributed by atoms with Crippen LogP contribution >= 0.6 is 0 Å². The van der Waals surface area contributed by atoms with Crippen LogP contribution < -0.4 is 10.9 Å². The van der Waals surface area contributed by atoms with Gasteiger partial charge in [-0.2, -0.15) is 0 Å². The molecule has 1 aromatic carbocycles. The molecule has 1 aliphatic heterocycles. The summed E-state index contributed by atoms with van der Waals surface area (Å²) in [6.07, 6.45) is 1.58. The van der Waals surface area contributed by atoms with Gasteiger partial charge in [0.2, 0.25) is 5.91 Å². The van der Waals surface area contributed by atoms with Gasteiger partial charge < -0.3 is 9.88 Å². The molecule has 0 bridgehead atoms. The quantitative estimate of drug-likeness (QED) is 0.557. The number of carbonyl (C=O) groups is 3. The van der Waals surface area contributed by atoms with E-state index in [9.17, 15) is 19.2 Å². The molecule has 3 rings (SSSR count). The highest BCUT2D eigenvalue weighted by molar-refractivity contribution is 6.21. The Hall–Kier alpha value is -3.22. The molecule has 0 unspecified atom stereocenters. The van der Waals surface area contributed by atoms with E-state index in [0.29, 0.717) is 24.2 Å². The highest BCUT2D eigenvalue weighted by Crippen LogP contribution is 2.22. The fourth-order valence-electron chi connectivity index (χ4n) is 3.28. The Kier molecular flexibility index (Phi) is 6.03. The molecule has 0 aliphatic carbocycles. The van der Waals surface area contributed by atoms with Gasteiger partial charge in [0.1, 0.15) is 0 Å². The van der Waals surface area contributed by atoms with Crippen molar-refractivity contribution in [3.8, 4) is 0 Å². The second kappa shape index (κ2) is 8.65. The molecular weight excluding hydrogens is 358 g/mol. The van der Waals surface area contributed by atoms with E-state index in [2.05, 4.69) is 5.32 Å². The van der Waals surface area contributed by atoms with Gasteiger partial charge in [0.15, 0.2) is 0 Å². The van der Waals surface area contributed by atoms with E-state index in [1.165, 1.54) is 6.07 Å². The number of unbranched alkanes of at least 4 members (excludes halogenated alkanes) is 1. The van der Waals surface area contributed by atoms with Crippen LogP contribution in [0.3, 0.4) is 0 Å². The molecule has 28 heavy (non-hydrogen) atoms. The van der Waals surface area contributed by atoms with E-state index in [-0.39, 0.29) is 36.2 Å². The average Bonchev–Trinajstić information content (AvgIpc) is 2.92. The molecule has 2 heterocycles. The van der Waals surface area contributed by atoms with Gasteiger partial charge >= 0.3 is 0 Å². The molecule has 1 aliphatic rings. The van der Waals surface area contributed by atoms with E-state index >= 15 is 0 Å². The minimum absolute atomic E-state index is 0.0232. The molecule has 2 aromatic rings. The van der Waals surface area contributed by atoms with Crippen molar-refractivity contribution in [1.82, 2.24) is 14.8 Å². The molecule has 1 aromatic heterocycles. The highest BCUT2D eigenvalue weighted by atomic mass is 16.2. The number of aromatic nitrogens is 1. The van der Waals surface area contributed by atoms with Gasteiger partial charge in [-0.25, -0.2) is 0 Å². The maximum absolute atomic E-state index is 12.3. The smallest absolute Gasteiger partial charge is 0.261 e. The van der Waals surface area contributed by atoms with Crippen LogP contribution in [-0.4, -0.2) is 40.3 Å². The largest absolute Gasteiger partial charge is 0.356 e. The lowest BCUT2D eigenvalue weighted by Gasteiger charge is -2.13. The molecule has 0 saturated carbocycles. The number of rotatable bonds is 8. The van der Waals surface area contributed by atoms with Crippen LogP contribution in [0.1, 0.15) is 45.7 Å². The molecule has 0 spiro atoms. The minimum Gasteiger partial charge on any atom is -0.356 e. The van der Waals surface area contributed by atoms with E-state index in [4.69, 9.17) is 0 Å². The third-order valence-corrected chi connectivity index (χ3v) is 4.84.